The van der Waals surface area contributed by atoms with Gasteiger partial charge in [-0.3, -0.25) is 9.78 Å². The number of hydrogen-bond acceptors (Lipinski definition) is 7. The highest BCUT2D eigenvalue weighted by Crippen LogP contribution is 2.26. The van der Waals surface area contributed by atoms with Crippen LogP contribution in [0.2, 0.25) is 0 Å². The highest BCUT2D eigenvalue weighted by Gasteiger charge is 2.19. The summed E-state index contributed by atoms with van der Waals surface area (Å²) in [6.07, 6.45) is 3.30. The average Bonchev–Trinajstić information content (AvgIpc) is 3.11. The lowest BCUT2D eigenvalue weighted by Crippen LogP contribution is -2.22. The lowest BCUT2D eigenvalue weighted by atomic mass is 10.3. The van der Waals surface area contributed by atoms with Crippen molar-refractivity contribution in [2.45, 2.75) is 17.4 Å². The zero-order valence-corrected chi connectivity index (χ0v) is 14.5. The van der Waals surface area contributed by atoms with Crippen molar-refractivity contribution in [3.8, 4) is 17.2 Å². The van der Waals surface area contributed by atoms with Crippen molar-refractivity contribution in [3.05, 3.63) is 48.8 Å². The second kappa shape index (κ2) is 7.80. The number of pyridine rings is 1. The van der Waals surface area contributed by atoms with E-state index in [1.54, 1.807) is 62.8 Å². The molecule has 7 nitrogen and oxygen atoms in total. The summed E-state index contributed by atoms with van der Waals surface area (Å²) in [7, 11) is 1.59. The van der Waals surface area contributed by atoms with Gasteiger partial charge in [0.05, 0.1) is 12.4 Å². The van der Waals surface area contributed by atoms with Crippen LogP contribution in [0.4, 0.5) is 5.69 Å². The third-order valence-electron chi connectivity index (χ3n) is 3.34. The molecule has 1 aromatic carbocycles. The summed E-state index contributed by atoms with van der Waals surface area (Å²) in [6, 6.07) is 10.7. The Labute approximate surface area is 148 Å². The third kappa shape index (κ3) is 4.36. The van der Waals surface area contributed by atoms with E-state index in [9.17, 15) is 4.79 Å². The molecule has 1 amide bonds. The minimum Gasteiger partial charge on any atom is -0.497 e. The molecule has 0 saturated heterocycles. The van der Waals surface area contributed by atoms with Crippen LogP contribution in [-0.2, 0) is 4.79 Å². The molecular formula is C17H16N4O3S. The predicted molar refractivity (Wildman–Crippen MR) is 94.5 cm³/mol. The van der Waals surface area contributed by atoms with Gasteiger partial charge in [0.25, 0.3) is 5.22 Å². The van der Waals surface area contributed by atoms with E-state index in [-0.39, 0.29) is 5.91 Å². The van der Waals surface area contributed by atoms with Gasteiger partial charge >= 0.3 is 0 Å². The van der Waals surface area contributed by atoms with Gasteiger partial charge in [0, 0.05) is 23.6 Å². The van der Waals surface area contributed by atoms with Crippen molar-refractivity contribution >= 4 is 23.4 Å². The molecule has 1 atom stereocenters. The van der Waals surface area contributed by atoms with Crippen LogP contribution in [0, 0.1) is 0 Å². The smallest absolute Gasteiger partial charge is 0.277 e. The van der Waals surface area contributed by atoms with E-state index in [0.29, 0.717) is 16.8 Å². The molecule has 25 heavy (non-hydrogen) atoms. The van der Waals surface area contributed by atoms with Crippen LogP contribution < -0.4 is 10.1 Å². The summed E-state index contributed by atoms with van der Waals surface area (Å²) in [6.45, 7) is 1.78. The van der Waals surface area contributed by atoms with Gasteiger partial charge in [0.1, 0.15) is 5.75 Å². The Bertz CT molecular complexity index is 837. The SMILES string of the molecule is COc1ccc(NC(=O)[C@H](C)Sc2nnc(-c3ccncc3)o2)cc1. The number of ether oxygens (including phenoxy) is 1. The van der Waals surface area contributed by atoms with Crippen molar-refractivity contribution in [2.75, 3.05) is 12.4 Å². The highest BCUT2D eigenvalue weighted by atomic mass is 32.2. The fraction of sp³-hybridized carbons (Fsp3) is 0.176. The van der Waals surface area contributed by atoms with E-state index < -0.39 is 5.25 Å². The number of thioether (sulfide) groups is 1. The first-order valence-corrected chi connectivity index (χ1v) is 8.39. The Hall–Kier alpha value is -2.87. The zero-order valence-electron chi connectivity index (χ0n) is 13.7. The zero-order chi connectivity index (χ0) is 17.6. The van der Waals surface area contributed by atoms with E-state index in [2.05, 4.69) is 20.5 Å². The van der Waals surface area contributed by atoms with Gasteiger partial charge in [0.15, 0.2) is 0 Å². The van der Waals surface area contributed by atoms with Crippen LogP contribution in [-0.4, -0.2) is 33.4 Å². The van der Waals surface area contributed by atoms with Crippen molar-refractivity contribution in [2.24, 2.45) is 0 Å². The molecule has 0 aliphatic carbocycles. The van der Waals surface area contributed by atoms with E-state index in [4.69, 9.17) is 9.15 Å². The second-order valence-electron chi connectivity index (χ2n) is 5.09. The summed E-state index contributed by atoms with van der Waals surface area (Å²) < 4.78 is 10.7. The maximum atomic E-state index is 12.3. The standard InChI is InChI=1S/C17H16N4O3S/c1-11(15(22)19-13-3-5-14(23-2)6-4-13)25-17-21-20-16(24-17)12-7-9-18-10-8-12/h3-11H,1-2H3,(H,19,22)/t11-/m0/s1. The first-order valence-electron chi connectivity index (χ1n) is 7.51. The van der Waals surface area contributed by atoms with Gasteiger partial charge in [-0.25, -0.2) is 0 Å². The number of carbonyl (C=O) groups is 1. The molecular weight excluding hydrogens is 340 g/mol. The largest absolute Gasteiger partial charge is 0.497 e. The van der Waals surface area contributed by atoms with Crippen LogP contribution in [0.1, 0.15) is 6.92 Å². The highest BCUT2D eigenvalue weighted by molar-refractivity contribution is 8.00. The summed E-state index contributed by atoms with van der Waals surface area (Å²) in [5.41, 5.74) is 1.48. The van der Waals surface area contributed by atoms with Gasteiger partial charge in [0.2, 0.25) is 11.8 Å². The molecule has 0 unspecified atom stereocenters. The number of benzene rings is 1. The van der Waals surface area contributed by atoms with Crippen molar-refractivity contribution in [1.29, 1.82) is 0 Å². The number of nitrogens with zero attached hydrogens (tertiary/aromatic N) is 3. The monoisotopic (exact) mass is 356 g/mol. The molecule has 128 valence electrons. The number of anilines is 1. The van der Waals surface area contributed by atoms with Gasteiger partial charge in [-0.1, -0.05) is 11.8 Å². The number of carbonyl (C=O) groups excluding carboxylic acids is 1. The predicted octanol–water partition coefficient (Wildman–Crippen LogP) is 3.26. The number of hydrogen-bond donors (Lipinski definition) is 1. The average molecular weight is 356 g/mol. The topological polar surface area (TPSA) is 90.1 Å². The number of methoxy groups -OCH3 is 1. The summed E-state index contributed by atoms with van der Waals surface area (Å²) in [4.78, 5) is 16.2. The first kappa shape index (κ1) is 17.0. The Kier molecular flexibility index (Phi) is 5.30. The molecule has 0 aliphatic heterocycles. The Balaban J connectivity index is 1.60. The van der Waals surface area contributed by atoms with Gasteiger partial charge < -0.3 is 14.5 Å². The molecule has 0 fully saturated rings. The van der Waals surface area contributed by atoms with Crippen LogP contribution in [0.15, 0.2) is 58.4 Å². The maximum Gasteiger partial charge on any atom is 0.277 e. The minimum absolute atomic E-state index is 0.154. The molecule has 0 spiro atoms. The molecule has 0 radical (unpaired) electrons. The van der Waals surface area contributed by atoms with Crippen molar-refractivity contribution in [1.82, 2.24) is 15.2 Å². The molecule has 0 bridgehead atoms. The van der Waals surface area contributed by atoms with E-state index in [1.807, 2.05) is 0 Å². The Morgan fingerprint density at radius 1 is 1.16 bits per heavy atom. The molecule has 2 aromatic heterocycles. The quantitative estimate of drug-likeness (QED) is 0.678. The molecule has 3 rings (SSSR count). The van der Waals surface area contributed by atoms with Crippen LogP contribution in [0.25, 0.3) is 11.5 Å². The third-order valence-corrected chi connectivity index (χ3v) is 4.27. The molecule has 8 heteroatoms. The summed E-state index contributed by atoms with van der Waals surface area (Å²) >= 11 is 1.20. The summed E-state index contributed by atoms with van der Waals surface area (Å²) in [5, 5.41) is 10.7. The lowest BCUT2D eigenvalue weighted by Gasteiger charge is -2.10. The van der Waals surface area contributed by atoms with Crippen molar-refractivity contribution < 1.29 is 13.9 Å². The number of amides is 1. The Morgan fingerprint density at radius 2 is 1.88 bits per heavy atom. The number of rotatable bonds is 6. The number of aromatic nitrogens is 3. The molecule has 3 aromatic rings. The van der Waals surface area contributed by atoms with Gasteiger partial charge in [-0.2, -0.15) is 0 Å². The lowest BCUT2D eigenvalue weighted by molar-refractivity contribution is -0.115. The second-order valence-corrected chi connectivity index (χ2v) is 6.38. The van der Waals surface area contributed by atoms with E-state index in [0.717, 1.165) is 11.3 Å². The van der Waals surface area contributed by atoms with Crippen LogP contribution in [0.5, 0.6) is 5.75 Å². The Morgan fingerprint density at radius 3 is 2.56 bits per heavy atom. The van der Waals surface area contributed by atoms with Crippen molar-refractivity contribution in [3.63, 3.8) is 0 Å². The van der Waals surface area contributed by atoms with E-state index in [1.165, 1.54) is 11.8 Å². The van der Waals surface area contributed by atoms with E-state index >= 15 is 0 Å². The van der Waals surface area contributed by atoms with Crippen LogP contribution >= 0.6 is 11.8 Å². The number of nitrogens with one attached hydrogen (secondary N) is 1. The fourth-order valence-electron chi connectivity index (χ4n) is 1.99. The minimum atomic E-state index is -0.396. The summed E-state index contributed by atoms with van der Waals surface area (Å²) in [5.74, 6) is 0.974. The maximum absolute atomic E-state index is 12.3. The molecule has 1 N–H and O–H groups in total. The molecule has 0 saturated carbocycles. The molecule has 2 heterocycles. The molecule has 0 aliphatic rings. The van der Waals surface area contributed by atoms with Gasteiger partial charge in [-0.15, -0.1) is 10.2 Å². The normalized spacial score (nSPS) is 11.8. The fourth-order valence-corrected chi connectivity index (χ4v) is 2.67. The first-order chi connectivity index (χ1) is 12.2. The van der Waals surface area contributed by atoms with Gasteiger partial charge in [-0.05, 0) is 43.3 Å². The van der Waals surface area contributed by atoms with Crippen LogP contribution in [0.3, 0.4) is 0 Å².